The van der Waals surface area contributed by atoms with Crippen LogP contribution in [-0.2, 0) is 4.79 Å². The molecule has 5 heteroatoms. The molecule has 0 bridgehead atoms. The summed E-state index contributed by atoms with van der Waals surface area (Å²) in [6, 6.07) is 10.3. The van der Waals surface area contributed by atoms with E-state index >= 15 is 0 Å². The van der Waals surface area contributed by atoms with E-state index in [4.69, 9.17) is 0 Å². The summed E-state index contributed by atoms with van der Waals surface area (Å²) >= 11 is 0. The van der Waals surface area contributed by atoms with Crippen LogP contribution in [-0.4, -0.2) is 34.8 Å². The Morgan fingerprint density at radius 3 is 2.77 bits per heavy atom. The number of amides is 1. The van der Waals surface area contributed by atoms with E-state index in [1.54, 1.807) is 18.1 Å². The van der Waals surface area contributed by atoms with Crippen LogP contribution < -0.4 is 5.32 Å². The van der Waals surface area contributed by atoms with Gasteiger partial charge in [0, 0.05) is 24.7 Å². The average molecular weight is 348 g/mol. The van der Waals surface area contributed by atoms with Crippen LogP contribution in [0, 0.1) is 0 Å². The number of carbonyl (C=O) groups is 1. The molecule has 1 aromatic carbocycles. The largest absolute Gasteiger partial charge is 0.353 e. The van der Waals surface area contributed by atoms with Gasteiger partial charge in [-0.05, 0) is 42.7 Å². The van der Waals surface area contributed by atoms with Crippen LogP contribution in [0.2, 0.25) is 0 Å². The molecule has 0 atom stereocenters. The molecule has 0 spiro atoms. The Bertz CT molecular complexity index is 878. The summed E-state index contributed by atoms with van der Waals surface area (Å²) in [5.74, 6) is 0.614. The number of nitrogens with zero attached hydrogens (tertiary/aromatic N) is 3. The Balaban J connectivity index is 1.57. The molecule has 1 aliphatic heterocycles. The van der Waals surface area contributed by atoms with E-state index in [-0.39, 0.29) is 5.91 Å². The molecule has 1 saturated carbocycles. The van der Waals surface area contributed by atoms with Gasteiger partial charge in [0.05, 0.1) is 5.52 Å². The van der Waals surface area contributed by atoms with Crippen molar-refractivity contribution in [2.24, 2.45) is 4.99 Å². The summed E-state index contributed by atoms with van der Waals surface area (Å²) in [6.45, 7) is 0. The van der Waals surface area contributed by atoms with Crippen molar-refractivity contribution in [3.05, 3.63) is 47.8 Å². The van der Waals surface area contributed by atoms with Crippen molar-refractivity contribution in [1.29, 1.82) is 0 Å². The van der Waals surface area contributed by atoms with Crippen LogP contribution in [0.25, 0.3) is 17.0 Å². The number of aliphatic imine (C=N–C) groups is 1. The molecule has 2 aliphatic rings. The highest BCUT2D eigenvalue weighted by Crippen LogP contribution is 2.21. The molecule has 2 aromatic rings. The van der Waals surface area contributed by atoms with Gasteiger partial charge in [0.2, 0.25) is 5.96 Å². The third kappa shape index (κ3) is 3.47. The summed E-state index contributed by atoms with van der Waals surface area (Å²) in [6.07, 6.45) is 11.0. The number of benzene rings is 1. The fourth-order valence-electron chi connectivity index (χ4n) is 3.68. The van der Waals surface area contributed by atoms with Gasteiger partial charge in [-0.15, -0.1) is 0 Å². The average Bonchev–Trinajstić information content (AvgIpc) is 2.85. The highest BCUT2D eigenvalue weighted by atomic mass is 16.2. The number of nitrogens with one attached hydrogen (secondary N) is 1. The molecule has 1 aliphatic carbocycles. The number of guanidine groups is 1. The number of fused-ring (bicyclic) bond motifs is 1. The Kier molecular flexibility index (Phi) is 4.69. The molecule has 4 rings (SSSR count). The molecular formula is C21H24N4O. The molecular weight excluding hydrogens is 324 g/mol. The smallest absolute Gasteiger partial charge is 0.279 e. The third-order valence-electron chi connectivity index (χ3n) is 5.19. The van der Waals surface area contributed by atoms with E-state index in [2.05, 4.69) is 15.3 Å². The lowest BCUT2D eigenvalue weighted by atomic mass is 10.1. The maximum Gasteiger partial charge on any atom is 0.279 e. The fourth-order valence-corrected chi connectivity index (χ4v) is 3.68. The molecule has 1 aromatic heterocycles. The van der Waals surface area contributed by atoms with E-state index in [1.807, 2.05) is 36.4 Å². The predicted molar refractivity (Wildman–Crippen MR) is 105 cm³/mol. The minimum Gasteiger partial charge on any atom is -0.353 e. The van der Waals surface area contributed by atoms with Gasteiger partial charge in [-0.1, -0.05) is 37.8 Å². The second kappa shape index (κ2) is 7.28. The van der Waals surface area contributed by atoms with Crippen molar-refractivity contribution in [2.75, 3.05) is 7.05 Å². The zero-order valence-corrected chi connectivity index (χ0v) is 15.1. The summed E-state index contributed by atoms with van der Waals surface area (Å²) in [4.78, 5) is 23.1. The third-order valence-corrected chi connectivity index (χ3v) is 5.19. The van der Waals surface area contributed by atoms with Gasteiger partial charge >= 0.3 is 0 Å². The highest BCUT2D eigenvalue weighted by molar-refractivity contribution is 6.13. The molecule has 1 fully saturated rings. The minimum atomic E-state index is -0.0626. The molecule has 26 heavy (non-hydrogen) atoms. The number of aromatic nitrogens is 1. The van der Waals surface area contributed by atoms with Gasteiger partial charge in [0.25, 0.3) is 5.91 Å². The number of hydrogen-bond donors (Lipinski definition) is 1. The molecule has 0 unspecified atom stereocenters. The fraction of sp³-hybridized carbons (Fsp3) is 0.381. The normalized spacial score (nSPS) is 20.5. The lowest BCUT2D eigenvalue weighted by Gasteiger charge is -2.20. The van der Waals surface area contributed by atoms with Crippen molar-refractivity contribution >= 4 is 28.8 Å². The van der Waals surface area contributed by atoms with Crippen LogP contribution in [0.5, 0.6) is 0 Å². The van der Waals surface area contributed by atoms with Crippen LogP contribution in [0.4, 0.5) is 0 Å². The number of carbonyl (C=O) groups excluding carboxylic acids is 1. The van der Waals surface area contributed by atoms with Crippen LogP contribution in [0.15, 0.2) is 47.2 Å². The zero-order chi connectivity index (χ0) is 17.9. The van der Waals surface area contributed by atoms with Crippen molar-refractivity contribution in [2.45, 2.75) is 44.6 Å². The summed E-state index contributed by atoms with van der Waals surface area (Å²) in [5.41, 5.74) is 2.39. The molecule has 1 N–H and O–H groups in total. The second-order valence-electron chi connectivity index (χ2n) is 7.12. The highest BCUT2D eigenvalue weighted by Gasteiger charge is 2.28. The van der Waals surface area contributed by atoms with Gasteiger partial charge < -0.3 is 5.32 Å². The van der Waals surface area contributed by atoms with Crippen LogP contribution in [0.1, 0.15) is 44.1 Å². The first-order chi connectivity index (χ1) is 12.7. The Hall–Kier alpha value is -2.69. The molecule has 0 saturated heterocycles. The van der Waals surface area contributed by atoms with Crippen molar-refractivity contribution in [3.8, 4) is 0 Å². The van der Waals surface area contributed by atoms with Gasteiger partial charge in [-0.2, -0.15) is 0 Å². The van der Waals surface area contributed by atoms with E-state index < -0.39 is 0 Å². The summed E-state index contributed by atoms with van der Waals surface area (Å²) < 4.78 is 0. The van der Waals surface area contributed by atoms with E-state index in [0.717, 1.165) is 29.3 Å². The SMILES string of the molecule is CN1C(=O)/C(=C/c2ccc3ncccc3c2)N=C1NC1CCCCCC1. The number of likely N-dealkylation sites (N-methyl/N-ethyl adjacent to an activating group) is 1. The van der Waals surface area contributed by atoms with Gasteiger partial charge in [0.1, 0.15) is 5.70 Å². The Morgan fingerprint density at radius 2 is 1.96 bits per heavy atom. The van der Waals surface area contributed by atoms with Crippen molar-refractivity contribution < 1.29 is 4.79 Å². The van der Waals surface area contributed by atoms with Crippen LogP contribution >= 0.6 is 0 Å². The summed E-state index contributed by atoms with van der Waals surface area (Å²) in [7, 11) is 1.79. The maximum absolute atomic E-state index is 12.6. The first-order valence-electron chi connectivity index (χ1n) is 9.40. The van der Waals surface area contributed by atoms with Gasteiger partial charge in [0.15, 0.2) is 0 Å². The van der Waals surface area contributed by atoms with Gasteiger partial charge in [-0.25, -0.2) is 4.99 Å². The first-order valence-corrected chi connectivity index (χ1v) is 9.40. The molecule has 0 radical (unpaired) electrons. The zero-order valence-electron chi connectivity index (χ0n) is 15.1. The monoisotopic (exact) mass is 348 g/mol. The maximum atomic E-state index is 12.6. The first kappa shape index (κ1) is 16.8. The lowest BCUT2D eigenvalue weighted by molar-refractivity contribution is -0.121. The second-order valence-corrected chi connectivity index (χ2v) is 7.12. The molecule has 2 heterocycles. The van der Waals surface area contributed by atoms with Crippen molar-refractivity contribution in [3.63, 3.8) is 0 Å². The van der Waals surface area contributed by atoms with Crippen molar-refractivity contribution in [1.82, 2.24) is 15.2 Å². The van der Waals surface area contributed by atoms with E-state index in [0.29, 0.717) is 17.7 Å². The van der Waals surface area contributed by atoms with Crippen LogP contribution in [0.3, 0.4) is 0 Å². The number of hydrogen-bond acceptors (Lipinski definition) is 4. The molecule has 5 nitrogen and oxygen atoms in total. The minimum absolute atomic E-state index is 0.0626. The summed E-state index contributed by atoms with van der Waals surface area (Å²) in [5, 5.41) is 4.54. The quantitative estimate of drug-likeness (QED) is 0.665. The number of pyridine rings is 1. The standard InChI is InChI=1S/C21H24N4O/c1-25-20(26)19(24-21(25)23-17-8-4-2-3-5-9-17)14-15-10-11-18-16(13-15)7-6-12-22-18/h6-7,10-14,17H,2-5,8-9H2,1H3,(H,23,24)/b19-14-. The van der Waals surface area contributed by atoms with Gasteiger partial charge in [-0.3, -0.25) is 14.7 Å². The Morgan fingerprint density at radius 1 is 1.15 bits per heavy atom. The predicted octanol–water partition coefficient (Wildman–Crippen LogP) is 3.72. The van der Waals surface area contributed by atoms with E-state index in [9.17, 15) is 4.79 Å². The topological polar surface area (TPSA) is 57.6 Å². The molecule has 134 valence electrons. The lowest BCUT2D eigenvalue weighted by Crippen LogP contribution is -2.43. The molecule has 1 amide bonds. The Labute approximate surface area is 153 Å². The number of rotatable bonds is 2. The van der Waals surface area contributed by atoms with E-state index in [1.165, 1.54) is 25.7 Å².